The molecule has 0 saturated carbocycles. The van der Waals surface area contributed by atoms with E-state index in [1.54, 1.807) is 18.2 Å². The summed E-state index contributed by atoms with van der Waals surface area (Å²) in [5.74, 6) is -2.07. The van der Waals surface area contributed by atoms with Crippen LogP contribution in [0.15, 0.2) is 53.4 Å². The molecule has 0 unspecified atom stereocenters. The molecule has 1 aromatic heterocycles. The molecule has 0 spiro atoms. The molecule has 1 aliphatic rings. The van der Waals surface area contributed by atoms with Gasteiger partial charge in [0.25, 0.3) is 10.0 Å². The summed E-state index contributed by atoms with van der Waals surface area (Å²) in [5, 5.41) is 4.11. The second-order valence-corrected chi connectivity index (χ2v) is 7.58. The highest BCUT2D eigenvalue weighted by Crippen LogP contribution is 2.35. The van der Waals surface area contributed by atoms with Crippen LogP contribution in [0.5, 0.6) is 0 Å². The third kappa shape index (κ3) is 2.15. The Morgan fingerprint density at radius 2 is 1.54 bits per heavy atom. The fourth-order valence-corrected chi connectivity index (χ4v) is 4.33. The van der Waals surface area contributed by atoms with Crippen LogP contribution in [0.3, 0.4) is 0 Å². The van der Waals surface area contributed by atoms with Gasteiger partial charge in [-0.1, -0.05) is 24.3 Å². The summed E-state index contributed by atoms with van der Waals surface area (Å²) in [6.45, 7) is 1.41. The van der Waals surface area contributed by atoms with E-state index in [4.69, 9.17) is 0 Å². The number of fused-ring (bicyclic) bond motifs is 3. The van der Waals surface area contributed by atoms with Crippen molar-refractivity contribution in [3.8, 4) is 11.3 Å². The molecule has 0 atom stereocenters. The predicted molar refractivity (Wildman–Crippen MR) is 90.0 cm³/mol. The van der Waals surface area contributed by atoms with E-state index < -0.39 is 27.4 Å². The summed E-state index contributed by atoms with van der Waals surface area (Å²) < 4.78 is 39.6. The van der Waals surface area contributed by atoms with E-state index in [1.807, 2.05) is 0 Å². The molecular formula is C18H11FN2O4S. The lowest BCUT2D eigenvalue weighted by Crippen LogP contribution is -2.21. The van der Waals surface area contributed by atoms with Crippen LogP contribution in [0.2, 0.25) is 0 Å². The minimum atomic E-state index is -4.15. The average Bonchev–Trinajstić information content (AvgIpc) is 2.98. The summed E-state index contributed by atoms with van der Waals surface area (Å²) in [6, 6.07) is 10.7. The first kappa shape index (κ1) is 16.3. The van der Waals surface area contributed by atoms with Gasteiger partial charge in [-0.25, -0.2) is 4.39 Å². The van der Waals surface area contributed by atoms with Gasteiger partial charge in [0, 0.05) is 11.1 Å². The molecule has 2 aromatic carbocycles. The monoisotopic (exact) mass is 370 g/mol. The van der Waals surface area contributed by atoms with Crippen molar-refractivity contribution in [1.82, 2.24) is 9.19 Å². The van der Waals surface area contributed by atoms with E-state index in [2.05, 4.69) is 5.10 Å². The van der Waals surface area contributed by atoms with Gasteiger partial charge in [0.2, 0.25) is 11.6 Å². The largest absolute Gasteiger partial charge is 0.285 e. The van der Waals surface area contributed by atoms with Crippen LogP contribution in [0.4, 0.5) is 4.39 Å². The van der Waals surface area contributed by atoms with Crippen molar-refractivity contribution in [2.75, 3.05) is 0 Å². The fourth-order valence-electron chi connectivity index (χ4n) is 3.01. The number of carbonyl (C=O) groups is 2. The standard InChI is InChI=1S/C18H11FN2O4S/c1-10-15-16(13-4-2-3-5-14(13)17(22)18(15)23)20-21(10)26(24,25)12-8-6-11(19)7-9-12/h2-9H,1H3. The van der Waals surface area contributed by atoms with Crippen molar-refractivity contribution in [3.05, 3.63) is 71.2 Å². The van der Waals surface area contributed by atoms with E-state index in [0.29, 0.717) is 5.56 Å². The molecule has 0 amide bonds. The molecule has 6 nitrogen and oxygen atoms in total. The molecule has 3 aromatic rings. The maximum absolute atomic E-state index is 13.1. The molecular weight excluding hydrogens is 359 g/mol. The zero-order chi connectivity index (χ0) is 18.6. The van der Waals surface area contributed by atoms with Crippen molar-refractivity contribution >= 4 is 21.6 Å². The van der Waals surface area contributed by atoms with Gasteiger partial charge in [-0.3, -0.25) is 9.59 Å². The van der Waals surface area contributed by atoms with Crippen molar-refractivity contribution < 1.29 is 22.4 Å². The van der Waals surface area contributed by atoms with Gasteiger partial charge in [0.05, 0.1) is 16.2 Å². The van der Waals surface area contributed by atoms with Crippen LogP contribution in [-0.4, -0.2) is 29.2 Å². The Hall–Kier alpha value is -3.13. The molecule has 0 saturated heterocycles. The molecule has 0 aliphatic heterocycles. The van der Waals surface area contributed by atoms with Crippen molar-refractivity contribution in [1.29, 1.82) is 0 Å². The fraction of sp³-hybridized carbons (Fsp3) is 0.0556. The highest BCUT2D eigenvalue weighted by molar-refractivity contribution is 7.89. The number of Topliss-reactive ketones (excluding diaryl/α,β-unsaturated/α-hetero) is 2. The molecule has 1 heterocycles. The molecule has 26 heavy (non-hydrogen) atoms. The number of hydrogen-bond acceptors (Lipinski definition) is 5. The highest BCUT2D eigenvalue weighted by atomic mass is 32.2. The Kier molecular flexibility index (Phi) is 3.42. The van der Waals surface area contributed by atoms with E-state index in [0.717, 1.165) is 28.4 Å². The van der Waals surface area contributed by atoms with Gasteiger partial charge in [-0.05, 0) is 31.2 Å². The normalized spacial score (nSPS) is 13.5. The SMILES string of the molecule is Cc1c2c(nn1S(=O)(=O)c1ccc(F)cc1)-c1ccccc1C(=O)C2=O. The average molecular weight is 370 g/mol. The van der Waals surface area contributed by atoms with Crippen LogP contribution in [-0.2, 0) is 10.0 Å². The Morgan fingerprint density at radius 3 is 2.19 bits per heavy atom. The van der Waals surface area contributed by atoms with Crippen LogP contribution in [0.25, 0.3) is 11.3 Å². The summed E-state index contributed by atoms with van der Waals surface area (Å²) in [5.41, 5.74) is 0.752. The Morgan fingerprint density at radius 1 is 0.923 bits per heavy atom. The van der Waals surface area contributed by atoms with E-state index >= 15 is 0 Å². The number of ketones is 2. The molecule has 8 heteroatoms. The van der Waals surface area contributed by atoms with Gasteiger partial charge in [0.15, 0.2) is 0 Å². The molecule has 0 fully saturated rings. The Labute approximate surface area is 147 Å². The van der Waals surface area contributed by atoms with E-state index in [9.17, 15) is 22.4 Å². The number of nitrogens with zero attached hydrogens (tertiary/aromatic N) is 2. The van der Waals surface area contributed by atoms with Crippen LogP contribution < -0.4 is 0 Å². The number of halogens is 1. The second-order valence-electron chi connectivity index (χ2n) is 5.81. The minimum Gasteiger partial charge on any atom is -0.285 e. The predicted octanol–water partition coefficient (Wildman–Crippen LogP) is 2.61. The maximum Gasteiger partial charge on any atom is 0.283 e. The lowest BCUT2D eigenvalue weighted by molar-refractivity contribution is 0.0815. The third-order valence-corrected chi connectivity index (χ3v) is 5.95. The third-order valence-electron chi connectivity index (χ3n) is 4.28. The van der Waals surface area contributed by atoms with Crippen molar-refractivity contribution in [2.24, 2.45) is 0 Å². The van der Waals surface area contributed by atoms with Crippen LogP contribution >= 0.6 is 0 Å². The lowest BCUT2D eigenvalue weighted by atomic mass is 9.87. The Balaban J connectivity index is 1.99. The van der Waals surface area contributed by atoms with Crippen LogP contribution in [0.1, 0.15) is 26.4 Å². The Bertz CT molecular complexity index is 1190. The van der Waals surface area contributed by atoms with Crippen LogP contribution in [0, 0.1) is 12.7 Å². The summed E-state index contributed by atoms with van der Waals surface area (Å²) in [7, 11) is -4.15. The zero-order valence-electron chi connectivity index (χ0n) is 13.4. The molecule has 130 valence electrons. The van der Waals surface area contributed by atoms with Gasteiger partial charge in [-0.2, -0.15) is 17.6 Å². The smallest absolute Gasteiger partial charge is 0.283 e. The topological polar surface area (TPSA) is 86.1 Å². The van der Waals surface area contributed by atoms with E-state index in [1.165, 1.54) is 13.0 Å². The number of aromatic nitrogens is 2. The lowest BCUT2D eigenvalue weighted by Gasteiger charge is -2.12. The van der Waals surface area contributed by atoms with Gasteiger partial charge < -0.3 is 0 Å². The number of rotatable bonds is 2. The molecule has 0 N–H and O–H groups in total. The summed E-state index contributed by atoms with van der Waals surface area (Å²) >= 11 is 0. The molecule has 4 rings (SSSR count). The summed E-state index contributed by atoms with van der Waals surface area (Å²) in [6.07, 6.45) is 0. The second kappa shape index (κ2) is 5.43. The minimum absolute atomic E-state index is 0.0283. The zero-order valence-corrected chi connectivity index (χ0v) is 14.2. The first-order chi connectivity index (χ1) is 12.3. The van der Waals surface area contributed by atoms with E-state index in [-0.39, 0.29) is 27.4 Å². The molecule has 0 bridgehead atoms. The number of hydrogen-bond donors (Lipinski definition) is 0. The van der Waals surface area contributed by atoms with Crippen molar-refractivity contribution in [3.63, 3.8) is 0 Å². The summed E-state index contributed by atoms with van der Waals surface area (Å²) in [4.78, 5) is 24.6. The van der Waals surface area contributed by atoms with Gasteiger partial charge >= 0.3 is 0 Å². The molecule has 0 radical (unpaired) electrons. The quantitative estimate of drug-likeness (QED) is 0.647. The first-order valence-electron chi connectivity index (χ1n) is 7.61. The molecule has 1 aliphatic carbocycles. The van der Waals surface area contributed by atoms with Gasteiger partial charge in [-0.15, -0.1) is 0 Å². The van der Waals surface area contributed by atoms with Crippen molar-refractivity contribution in [2.45, 2.75) is 11.8 Å². The van der Waals surface area contributed by atoms with Gasteiger partial charge in [0.1, 0.15) is 11.5 Å². The number of benzene rings is 2. The highest BCUT2D eigenvalue weighted by Gasteiger charge is 2.37. The first-order valence-corrected chi connectivity index (χ1v) is 9.05. The maximum atomic E-state index is 13.1. The number of carbonyl (C=O) groups excluding carboxylic acids is 2.